The first-order valence-electron chi connectivity index (χ1n) is 9.15. The molecule has 3 N–H and O–H groups in total. The van der Waals surface area contributed by atoms with Crippen LogP contribution in [0.1, 0.15) is 15.9 Å². The second kappa shape index (κ2) is 9.47. The molecule has 0 aliphatic carbocycles. The summed E-state index contributed by atoms with van der Waals surface area (Å²) in [5, 5.41) is 3.24. The average molecular weight is 405 g/mol. The van der Waals surface area contributed by atoms with Crippen molar-refractivity contribution in [1.82, 2.24) is 4.98 Å². The molecule has 0 saturated carbocycles. The lowest BCUT2D eigenvalue weighted by atomic mass is 10.1. The number of nitrogens with zero attached hydrogens (tertiary/aromatic N) is 1. The van der Waals surface area contributed by atoms with Crippen molar-refractivity contribution in [3.8, 4) is 17.2 Å². The molecule has 0 unspecified atom stereocenters. The third-order valence-corrected chi connectivity index (χ3v) is 4.41. The quantitative estimate of drug-likeness (QED) is 0.327. The second-order valence-corrected chi connectivity index (χ2v) is 6.29. The van der Waals surface area contributed by atoms with Crippen LogP contribution < -0.4 is 25.3 Å². The molecule has 30 heavy (non-hydrogen) atoms. The van der Waals surface area contributed by atoms with Crippen molar-refractivity contribution in [2.24, 2.45) is 0 Å². The molecule has 1 heterocycles. The van der Waals surface area contributed by atoms with Crippen LogP contribution in [0.3, 0.4) is 0 Å². The van der Waals surface area contributed by atoms with E-state index >= 15 is 0 Å². The minimum absolute atomic E-state index is 0.176. The lowest BCUT2D eigenvalue weighted by Crippen LogP contribution is -1.99. The Kier molecular flexibility index (Phi) is 6.54. The van der Waals surface area contributed by atoms with Gasteiger partial charge >= 0.3 is 0 Å². The van der Waals surface area contributed by atoms with Gasteiger partial charge in [-0.25, -0.2) is 4.98 Å². The van der Waals surface area contributed by atoms with Crippen LogP contribution in [0.4, 0.5) is 17.2 Å². The molecule has 0 bridgehead atoms. The van der Waals surface area contributed by atoms with E-state index in [1.54, 1.807) is 56.8 Å². The number of nitrogen functional groups attached to an aromatic ring is 1. The number of pyridine rings is 1. The average Bonchev–Trinajstić information content (AvgIpc) is 2.78. The first kappa shape index (κ1) is 20.7. The molecule has 0 fully saturated rings. The molecule has 0 radical (unpaired) electrons. The minimum atomic E-state index is -0.176. The van der Waals surface area contributed by atoms with Gasteiger partial charge < -0.3 is 25.3 Å². The Morgan fingerprint density at radius 1 is 0.967 bits per heavy atom. The van der Waals surface area contributed by atoms with E-state index in [0.717, 1.165) is 11.3 Å². The summed E-state index contributed by atoms with van der Waals surface area (Å²) in [7, 11) is 4.69. The number of carbonyl (C=O) groups is 1. The molecule has 2 aromatic carbocycles. The third-order valence-electron chi connectivity index (χ3n) is 4.41. The lowest BCUT2D eigenvalue weighted by molar-refractivity contribution is 0.104. The van der Waals surface area contributed by atoms with E-state index in [0.29, 0.717) is 34.3 Å². The van der Waals surface area contributed by atoms with Crippen molar-refractivity contribution in [2.75, 3.05) is 32.4 Å². The van der Waals surface area contributed by atoms with Gasteiger partial charge in [-0.15, -0.1) is 0 Å². The lowest BCUT2D eigenvalue weighted by Gasteiger charge is -2.12. The molecule has 0 spiro atoms. The fraction of sp³-hybridized carbons (Fsp3) is 0.130. The molecular weight excluding hydrogens is 382 g/mol. The molecule has 1 aromatic heterocycles. The second-order valence-electron chi connectivity index (χ2n) is 6.29. The first-order chi connectivity index (χ1) is 14.5. The zero-order valence-corrected chi connectivity index (χ0v) is 17.0. The first-order valence-corrected chi connectivity index (χ1v) is 9.15. The fourth-order valence-electron chi connectivity index (χ4n) is 2.86. The standard InChI is InChI=1S/C23H23N3O4/c1-28-20-10-7-16(13-18(20)24)19(27)9-6-15-5-4-12-25-23(15)26-17-8-11-21(29-2)22(14-17)30-3/h4-14H,24H2,1-3H3,(H,25,26). The van der Waals surface area contributed by atoms with Gasteiger partial charge in [0.25, 0.3) is 0 Å². The van der Waals surface area contributed by atoms with Crippen LogP contribution in [0.2, 0.25) is 0 Å². The van der Waals surface area contributed by atoms with Crippen molar-refractivity contribution < 1.29 is 19.0 Å². The van der Waals surface area contributed by atoms with E-state index in [-0.39, 0.29) is 5.78 Å². The zero-order chi connectivity index (χ0) is 21.5. The van der Waals surface area contributed by atoms with Crippen LogP contribution in [0.25, 0.3) is 6.08 Å². The Balaban J connectivity index is 1.81. The number of allylic oxidation sites excluding steroid dienone is 1. The van der Waals surface area contributed by atoms with Gasteiger partial charge in [0.2, 0.25) is 0 Å². The predicted molar refractivity (Wildman–Crippen MR) is 118 cm³/mol. The number of rotatable bonds is 8. The van der Waals surface area contributed by atoms with E-state index in [1.165, 1.54) is 13.2 Å². The van der Waals surface area contributed by atoms with Gasteiger partial charge in [0, 0.05) is 29.1 Å². The Morgan fingerprint density at radius 2 is 1.70 bits per heavy atom. The molecule has 0 aliphatic rings. The molecule has 3 rings (SSSR count). The monoisotopic (exact) mass is 405 g/mol. The van der Waals surface area contributed by atoms with E-state index in [4.69, 9.17) is 19.9 Å². The summed E-state index contributed by atoms with van der Waals surface area (Å²) in [5.74, 6) is 2.19. The summed E-state index contributed by atoms with van der Waals surface area (Å²) < 4.78 is 15.7. The summed E-state index contributed by atoms with van der Waals surface area (Å²) in [5.41, 5.74) is 8.30. The van der Waals surface area contributed by atoms with Gasteiger partial charge in [-0.3, -0.25) is 4.79 Å². The largest absolute Gasteiger partial charge is 0.495 e. The molecule has 0 amide bonds. The molecule has 7 heteroatoms. The summed E-state index contributed by atoms with van der Waals surface area (Å²) in [4.78, 5) is 16.9. The van der Waals surface area contributed by atoms with Gasteiger partial charge in [-0.05, 0) is 54.6 Å². The minimum Gasteiger partial charge on any atom is -0.495 e. The number of aromatic nitrogens is 1. The van der Waals surface area contributed by atoms with Crippen LogP contribution >= 0.6 is 0 Å². The zero-order valence-electron chi connectivity index (χ0n) is 17.0. The van der Waals surface area contributed by atoms with Crippen molar-refractivity contribution >= 4 is 29.1 Å². The van der Waals surface area contributed by atoms with E-state index in [9.17, 15) is 4.79 Å². The van der Waals surface area contributed by atoms with Crippen LogP contribution in [-0.4, -0.2) is 32.1 Å². The highest BCUT2D eigenvalue weighted by Gasteiger charge is 2.09. The highest BCUT2D eigenvalue weighted by molar-refractivity contribution is 6.07. The number of hydrogen-bond donors (Lipinski definition) is 2. The predicted octanol–water partition coefficient (Wildman–Crippen LogP) is 4.33. The Hall–Kier alpha value is -4.00. The molecule has 0 saturated heterocycles. The number of methoxy groups -OCH3 is 3. The third kappa shape index (κ3) is 4.70. The van der Waals surface area contributed by atoms with Crippen LogP contribution in [-0.2, 0) is 0 Å². The SMILES string of the molecule is COc1ccc(C(=O)C=Cc2cccnc2Nc2ccc(OC)c(OC)c2)cc1N. The molecule has 0 atom stereocenters. The van der Waals surface area contributed by atoms with Crippen LogP contribution in [0.15, 0.2) is 60.8 Å². The molecular formula is C23H23N3O4. The summed E-state index contributed by atoms with van der Waals surface area (Å²) in [6.45, 7) is 0. The number of ketones is 1. The molecule has 3 aromatic rings. The van der Waals surface area contributed by atoms with Gasteiger partial charge in [0.15, 0.2) is 17.3 Å². The van der Waals surface area contributed by atoms with E-state index in [2.05, 4.69) is 10.3 Å². The number of nitrogens with two attached hydrogens (primary N) is 1. The smallest absolute Gasteiger partial charge is 0.185 e. The number of carbonyl (C=O) groups excluding carboxylic acids is 1. The van der Waals surface area contributed by atoms with E-state index in [1.807, 2.05) is 18.2 Å². The summed E-state index contributed by atoms with van der Waals surface area (Å²) in [6.07, 6.45) is 4.86. The Bertz CT molecular complexity index is 1080. The number of hydrogen-bond acceptors (Lipinski definition) is 7. The number of benzene rings is 2. The maximum absolute atomic E-state index is 12.5. The van der Waals surface area contributed by atoms with Crippen molar-refractivity contribution in [3.63, 3.8) is 0 Å². The summed E-state index contributed by atoms with van der Waals surface area (Å²) in [6, 6.07) is 14.1. The van der Waals surface area contributed by atoms with Gasteiger partial charge in [0.05, 0.1) is 27.0 Å². The van der Waals surface area contributed by atoms with Crippen molar-refractivity contribution in [2.45, 2.75) is 0 Å². The Morgan fingerprint density at radius 3 is 2.40 bits per heavy atom. The molecule has 7 nitrogen and oxygen atoms in total. The van der Waals surface area contributed by atoms with Gasteiger partial charge in [-0.2, -0.15) is 0 Å². The normalized spacial score (nSPS) is 10.6. The molecule has 0 aliphatic heterocycles. The fourth-order valence-corrected chi connectivity index (χ4v) is 2.86. The highest BCUT2D eigenvalue weighted by Crippen LogP contribution is 2.31. The number of anilines is 3. The van der Waals surface area contributed by atoms with Gasteiger partial charge in [-0.1, -0.05) is 0 Å². The summed E-state index contributed by atoms with van der Waals surface area (Å²) >= 11 is 0. The highest BCUT2D eigenvalue weighted by atomic mass is 16.5. The maximum atomic E-state index is 12.5. The van der Waals surface area contributed by atoms with E-state index < -0.39 is 0 Å². The topological polar surface area (TPSA) is 95.7 Å². The van der Waals surface area contributed by atoms with Crippen molar-refractivity contribution in [3.05, 3.63) is 71.9 Å². The maximum Gasteiger partial charge on any atom is 0.185 e. The molecule has 154 valence electrons. The van der Waals surface area contributed by atoms with Crippen molar-refractivity contribution in [1.29, 1.82) is 0 Å². The van der Waals surface area contributed by atoms with Crippen LogP contribution in [0, 0.1) is 0 Å². The Labute approximate surface area is 175 Å². The number of nitrogens with one attached hydrogen (secondary N) is 1. The number of ether oxygens (including phenoxy) is 3. The van der Waals surface area contributed by atoms with Gasteiger partial charge in [0.1, 0.15) is 11.6 Å². The van der Waals surface area contributed by atoms with Crippen LogP contribution in [0.5, 0.6) is 17.2 Å².